The molecule has 0 aromatic heterocycles. The van der Waals surface area contributed by atoms with Gasteiger partial charge >= 0.3 is 0 Å². The molecule has 0 bridgehead atoms. The van der Waals surface area contributed by atoms with Gasteiger partial charge in [0, 0.05) is 5.69 Å². The van der Waals surface area contributed by atoms with E-state index in [1.54, 1.807) is 24.3 Å². The first kappa shape index (κ1) is 20.5. The maximum atomic E-state index is 12.5. The van der Waals surface area contributed by atoms with Gasteiger partial charge in [0.2, 0.25) is 0 Å². The van der Waals surface area contributed by atoms with Gasteiger partial charge < -0.3 is 10.4 Å². The number of anilines is 1. The molecule has 0 aliphatic carbocycles. The molecule has 0 fully saturated rings. The summed E-state index contributed by atoms with van der Waals surface area (Å²) in [6, 6.07) is 11.9. The first-order valence-corrected chi connectivity index (χ1v) is 10.4. The highest BCUT2D eigenvalue weighted by atomic mass is 32.2. The maximum Gasteiger partial charge on any atom is 0.259 e. The predicted molar refractivity (Wildman–Crippen MR) is 103 cm³/mol. The van der Waals surface area contributed by atoms with Crippen LogP contribution in [0.1, 0.15) is 48.5 Å². The Hall–Kier alpha value is -2.85. The van der Waals surface area contributed by atoms with Crippen molar-refractivity contribution in [1.82, 2.24) is 0 Å². The third-order valence-corrected chi connectivity index (χ3v) is 5.91. The van der Waals surface area contributed by atoms with E-state index < -0.39 is 15.7 Å². The van der Waals surface area contributed by atoms with E-state index in [-0.39, 0.29) is 22.0 Å². The summed E-state index contributed by atoms with van der Waals surface area (Å²) in [5, 5.41) is 21.4. The normalized spacial score (nSPS) is 11.0. The van der Waals surface area contributed by atoms with E-state index in [0.29, 0.717) is 17.7 Å². The summed E-state index contributed by atoms with van der Waals surface area (Å²) in [5.74, 6) is -0.916. The molecule has 0 saturated heterocycles. The van der Waals surface area contributed by atoms with Crippen molar-refractivity contribution in [2.45, 2.75) is 37.5 Å². The number of hydrogen-bond acceptors (Lipinski definition) is 5. The minimum absolute atomic E-state index is 0.00839. The number of phenolic OH excluding ortho intramolecular Hbond substituents is 1. The van der Waals surface area contributed by atoms with E-state index in [0.717, 1.165) is 19.3 Å². The zero-order chi connectivity index (χ0) is 19.9. The number of hydrogen-bond donors (Lipinski definition) is 2. The highest BCUT2D eigenvalue weighted by Crippen LogP contribution is 2.24. The lowest BCUT2D eigenvalue weighted by Crippen LogP contribution is -2.14. The van der Waals surface area contributed by atoms with E-state index in [2.05, 4.69) is 5.32 Å². The number of nitriles is 1. The van der Waals surface area contributed by atoms with Crippen molar-refractivity contribution in [1.29, 1.82) is 5.26 Å². The molecule has 0 aliphatic rings. The Morgan fingerprint density at radius 3 is 2.44 bits per heavy atom. The van der Waals surface area contributed by atoms with Crippen molar-refractivity contribution in [2.75, 3.05) is 11.1 Å². The van der Waals surface area contributed by atoms with Crippen LogP contribution in [0.5, 0.6) is 5.75 Å². The van der Waals surface area contributed by atoms with Gasteiger partial charge in [-0.25, -0.2) is 8.42 Å². The largest absolute Gasteiger partial charge is 0.507 e. The molecule has 0 saturated carbocycles. The van der Waals surface area contributed by atoms with E-state index in [1.807, 2.05) is 13.0 Å². The van der Waals surface area contributed by atoms with Gasteiger partial charge in [-0.2, -0.15) is 5.26 Å². The van der Waals surface area contributed by atoms with Gasteiger partial charge in [-0.15, -0.1) is 0 Å². The third-order valence-electron chi connectivity index (χ3n) is 4.11. The number of nitrogens with one attached hydrogen (secondary N) is 1. The number of phenols is 1. The number of rotatable bonds is 8. The Bertz CT molecular complexity index is 945. The molecule has 2 aromatic carbocycles. The van der Waals surface area contributed by atoms with Gasteiger partial charge in [0.1, 0.15) is 5.75 Å². The standard InChI is InChI=1S/C20H22N2O4S/c1-2-3-4-5-12-27(25,26)17-10-11-19(23)18(13-17)20(24)22-16-8-6-15(14-21)7-9-16/h6-11,13,23H,2-5,12H2,1H3,(H,22,24). The molecule has 0 aliphatic heterocycles. The van der Waals surface area contributed by atoms with Gasteiger partial charge in [0.05, 0.1) is 27.8 Å². The molecule has 0 atom stereocenters. The van der Waals surface area contributed by atoms with E-state index in [1.165, 1.54) is 18.2 Å². The highest BCUT2D eigenvalue weighted by Gasteiger charge is 2.19. The minimum Gasteiger partial charge on any atom is -0.507 e. The van der Waals surface area contributed by atoms with Crippen LogP contribution in [0.4, 0.5) is 5.69 Å². The van der Waals surface area contributed by atoms with Crippen molar-refractivity contribution in [3.05, 3.63) is 53.6 Å². The molecule has 2 aromatic rings. The van der Waals surface area contributed by atoms with Crippen LogP contribution >= 0.6 is 0 Å². The molecule has 7 heteroatoms. The van der Waals surface area contributed by atoms with Crippen LogP contribution in [0, 0.1) is 11.3 Å². The number of aromatic hydroxyl groups is 1. The van der Waals surface area contributed by atoms with Gasteiger partial charge in [0.25, 0.3) is 5.91 Å². The van der Waals surface area contributed by atoms with Crippen molar-refractivity contribution in [3.63, 3.8) is 0 Å². The van der Waals surface area contributed by atoms with Crippen LogP contribution in [0.15, 0.2) is 47.4 Å². The molecule has 0 radical (unpaired) electrons. The molecule has 142 valence electrons. The number of unbranched alkanes of at least 4 members (excludes halogenated alkanes) is 3. The first-order chi connectivity index (χ1) is 12.9. The Balaban J connectivity index is 2.18. The van der Waals surface area contributed by atoms with Crippen LogP contribution < -0.4 is 5.32 Å². The van der Waals surface area contributed by atoms with Crippen LogP contribution in [0.3, 0.4) is 0 Å². The fourth-order valence-electron chi connectivity index (χ4n) is 2.55. The van der Waals surface area contributed by atoms with Crippen LogP contribution in [-0.4, -0.2) is 25.2 Å². The van der Waals surface area contributed by atoms with Gasteiger partial charge in [-0.3, -0.25) is 4.79 Å². The Labute approximate surface area is 159 Å². The fraction of sp³-hybridized carbons (Fsp3) is 0.300. The van der Waals surface area contributed by atoms with Crippen molar-refractivity contribution in [3.8, 4) is 11.8 Å². The lowest BCUT2D eigenvalue weighted by Gasteiger charge is -2.10. The number of carbonyl (C=O) groups is 1. The zero-order valence-electron chi connectivity index (χ0n) is 15.1. The summed E-state index contributed by atoms with van der Waals surface area (Å²) in [7, 11) is -3.52. The number of nitrogens with zero attached hydrogens (tertiary/aromatic N) is 1. The molecular weight excluding hydrogens is 364 g/mol. The Morgan fingerprint density at radius 2 is 1.81 bits per heavy atom. The molecule has 1 amide bonds. The summed E-state index contributed by atoms with van der Waals surface area (Å²) in [4.78, 5) is 12.5. The quantitative estimate of drug-likeness (QED) is 0.670. The van der Waals surface area contributed by atoms with E-state index >= 15 is 0 Å². The average Bonchev–Trinajstić information content (AvgIpc) is 2.66. The van der Waals surface area contributed by atoms with Gasteiger partial charge in [-0.1, -0.05) is 26.2 Å². The van der Waals surface area contributed by atoms with E-state index in [4.69, 9.17) is 5.26 Å². The molecule has 27 heavy (non-hydrogen) atoms. The van der Waals surface area contributed by atoms with Gasteiger partial charge in [0.15, 0.2) is 9.84 Å². The zero-order valence-corrected chi connectivity index (χ0v) is 15.9. The molecular formula is C20H22N2O4S. The average molecular weight is 386 g/mol. The van der Waals surface area contributed by atoms with Crippen molar-refractivity contribution in [2.24, 2.45) is 0 Å². The second-order valence-electron chi connectivity index (χ2n) is 6.20. The minimum atomic E-state index is -3.52. The van der Waals surface area contributed by atoms with Crippen LogP contribution in [0.2, 0.25) is 0 Å². The molecule has 0 heterocycles. The second kappa shape index (κ2) is 9.19. The predicted octanol–water partition coefficient (Wildman–Crippen LogP) is 3.87. The van der Waals surface area contributed by atoms with Crippen LogP contribution in [0.25, 0.3) is 0 Å². The number of amides is 1. The first-order valence-electron chi connectivity index (χ1n) is 8.74. The molecule has 0 unspecified atom stereocenters. The Morgan fingerprint density at radius 1 is 1.11 bits per heavy atom. The summed E-state index contributed by atoms with van der Waals surface area (Å²) >= 11 is 0. The smallest absolute Gasteiger partial charge is 0.259 e. The molecule has 2 N–H and O–H groups in total. The lowest BCUT2D eigenvalue weighted by molar-refractivity contribution is 0.102. The van der Waals surface area contributed by atoms with E-state index in [9.17, 15) is 18.3 Å². The van der Waals surface area contributed by atoms with Crippen molar-refractivity contribution < 1.29 is 18.3 Å². The number of sulfone groups is 1. The molecule has 2 rings (SSSR count). The summed E-state index contributed by atoms with van der Waals surface area (Å²) in [6.07, 6.45) is 3.38. The highest BCUT2D eigenvalue weighted by molar-refractivity contribution is 7.91. The molecule has 6 nitrogen and oxygen atoms in total. The maximum absolute atomic E-state index is 12.5. The van der Waals surface area contributed by atoms with Crippen LogP contribution in [-0.2, 0) is 9.84 Å². The number of benzene rings is 2. The SMILES string of the molecule is CCCCCCS(=O)(=O)c1ccc(O)c(C(=O)Nc2ccc(C#N)cc2)c1. The van der Waals surface area contributed by atoms with Gasteiger partial charge in [-0.05, 0) is 48.9 Å². The summed E-state index contributed by atoms with van der Waals surface area (Å²) in [6.45, 7) is 2.05. The topological polar surface area (TPSA) is 107 Å². The summed E-state index contributed by atoms with van der Waals surface area (Å²) in [5.41, 5.74) is 0.771. The fourth-order valence-corrected chi connectivity index (χ4v) is 3.95. The second-order valence-corrected chi connectivity index (χ2v) is 8.31. The molecule has 0 spiro atoms. The lowest BCUT2D eigenvalue weighted by atomic mass is 10.1. The monoisotopic (exact) mass is 386 g/mol. The van der Waals surface area contributed by atoms with Crippen molar-refractivity contribution >= 4 is 21.4 Å². The number of carbonyl (C=O) groups excluding carboxylic acids is 1. The third kappa shape index (κ3) is 5.56. The summed E-state index contributed by atoms with van der Waals surface area (Å²) < 4.78 is 24.9. The Kier molecular flexibility index (Phi) is 6.97.